The molecule has 4 aromatic rings. The number of pyridine rings is 3. The summed E-state index contributed by atoms with van der Waals surface area (Å²) < 4.78 is 21.7. The van der Waals surface area contributed by atoms with E-state index in [1.807, 2.05) is 40.7 Å². The first-order valence-electron chi connectivity index (χ1n) is 12.9. The van der Waals surface area contributed by atoms with Gasteiger partial charge in [0.2, 0.25) is 0 Å². The van der Waals surface area contributed by atoms with Gasteiger partial charge in [-0.1, -0.05) is 0 Å². The molecule has 204 valence electrons. The Bertz CT molecular complexity index is 1570. The minimum atomic E-state index is -0.581. The van der Waals surface area contributed by atoms with E-state index < -0.39 is 17.3 Å². The Morgan fingerprint density at radius 2 is 1.85 bits per heavy atom. The molecule has 0 bridgehead atoms. The highest BCUT2D eigenvalue weighted by molar-refractivity contribution is 6.13. The van der Waals surface area contributed by atoms with Gasteiger partial charge in [-0.15, -0.1) is 0 Å². The Hall–Kier alpha value is -4.28. The molecule has 1 N–H and O–H groups in total. The molecule has 0 spiro atoms. The van der Waals surface area contributed by atoms with E-state index in [0.717, 1.165) is 0 Å². The van der Waals surface area contributed by atoms with Gasteiger partial charge in [-0.05, 0) is 53.7 Å². The highest BCUT2D eigenvalue weighted by atomic mass is 19.1. The van der Waals surface area contributed by atoms with Crippen molar-refractivity contribution < 1.29 is 18.7 Å². The van der Waals surface area contributed by atoms with E-state index in [1.165, 1.54) is 16.7 Å². The van der Waals surface area contributed by atoms with Gasteiger partial charge in [0, 0.05) is 49.3 Å². The third-order valence-electron chi connectivity index (χ3n) is 6.57. The standard InChI is InChI=1S/C28H32FN7O3/c1-16-12-34-15-19(10-22(29)25(34)32-16)33-26(37)21-11-31-24(20-8-7-9-30-23(20)21)35-13-17(2)36(18(3)14-35)27(38)39-28(4,5)6/h7-12,15,17-18H,13-14H2,1-6H3,(H,33,37)/t17-,18+. The highest BCUT2D eigenvalue weighted by Gasteiger charge is 2.36. The summed E-state index contributed by atoms with van der Waals surface area (Å²) in [5.74, 6) is -0.311. The molecule has 1 aliphatic heterocycles. The number of hydrogen-bond donors (Lipinski definition) is 1. The van der Waals surface area contributed by atoms with Crippen molar-refractivity contribution in [3.8, 4) is 0 Å². The first kappa shape index (κ1) is 26.3. The Kier molecular flexibility index (Phi) is 6.61. The molecule has 0 saturated carbocycles. The highest BCUT2D eigenvalue weighted by Crippen LogP contribution is 2.30. The number of aryl methyl sites for hydroxylation is 1. The number of aromatic nitrogens is 4. The summed E-state index contributed by atoms with van der Waals surface area (Å²) in [6, 6.07) is 4.65. The molecule has 1 fully saturated rings. The van der Waals surface area contributed by atoms with Crippen LogP contribution in [-0.2, 0) is 4.74 Å². The first-order valence-corrected chi connectivity index (χ1v) is 12.9. The number of nitrogens with one attached hydrogen (secondary N) is 1. The van der Waals surface area contributed by atoms with Crippen molar-refractivity contribution in [1.82, 2.24) is 24.3 Å². The molecule has 0 unspecified atom stereocenters. The van der Waals surface area contributed by atoms with Crippen molar-refractivity contribution in [1.29, 1.82) is 0 Å². The molecule has 39 heavy (non-hydrogen) atoms. The lowest BCUT2D eigenvalue weighted by Gasteiger charge is -2.45. The molecule has 1 aliphatic rings. The van der Waals surface area contributed by atoms with Gasteiger partial charge in [-0.3, -0.25) is 14.7 Å². The number of fused-ring (bicyclic) bond motifs is 2. The number of imidazole rings is 1. The summed E-state index contributed by atoms with van der Waals surface area (Å²) in [5, 5.41) is 3.47. The SMILES string of the molecule is Cc1cn2cc(NC(=O)c3cnc(N4C[C@@H](C)N(C(=O)OC(C)(C)C)[C@@H](C)C4)c4cccnc34)cc(F)c2n1. The zero-order valence-corrected chi connectivity index (χ0v) is 22.9. The minimum Gasteiger partial charge on any atom is -0.444 e. The Labute approximate surface area is 225 Å². The second-order valence-electron chi connectivity index (χ2n) is 11.0. The van der Waals surface area contributed by atoms with Gasteiger partial charge in [0.15, 0.2) is 11.5 Å². The number of carbonyl (C=O) groups is 2. The quantitative estimate of drug-likeness (QED) is 0.403. The molecule has 11 heteroatoms. The molecule has 2 amide bonds. The van der Waals surface area contributed by atoms with E-state index in [1.54, 1.807) is 36.5 Å². The van der Waals surface area contributed by atoms with Gasteiger partial charge in [0.05, 0.1) is 34.5 Å². The number of hydrogen-bond acceptors (Lipinski definition) is 7. The average molecular weight is 534 g/mol. The normalized spacial score (nSPS) is 18.0. The number of carbonyl (C=O) groups excluding carboxylic acids is 2. The number of ether oxygens (including phenoxy) is 1. The van der Waals surface area contributed by atoms with Crippen LogP contribution in [-0.4, -0.2) is 67.0 Å². The zero-order chi connectivity index (χ0) is 28.1. The van der Waals surface area contributed by atoms with Crippen LogP contribution in [0, 0.1) is 12.7 Å². The van der Waals surface area contributed by atoms with Crippen molar-refractivity contribution in [3.63, 3.8) is 0 Å². The first-order chi connectivity index (χ1) is 18.4. The second kappa shape index (κ2) is 9.79. The fourth-order valence-corrected chi connectivity index (χ4v) is 5.09. The number of nitrogens with zero attached hydrogens (tertiary/aromatic N) is 6. The fourth-order valence-electron chi connectivity index (χ4n) is 5.09. The third-order valence-corrected chi connectivity index (χ3v) is 6.57. The molecular weight excluding hydrogens is 501 g/mol. The van der Waals surface area contributed by atoms with E-state index >= 15 is 0 Å². The summed E-state index contributed by atoms with van der Waals surface area (Å²) in [7, 11) is 0. The van der Waals surface area contributed by atoms with Crippen molar-refractivity contribution in [2.75, 3.05) is 23.3 Å². The van der Waals surface area contributed by atoms with Crippen LogP contribution in [0.4, 0.5) is 20.7 Å². The second-order valence-corrected chi connectivity index (χ2v) is 11.0. The van der Waals surface area contributed by atoms with Gasteiger partial charge in [-0.25, -0.2) is 19.2 Å². The lowest BCUT2D eigenvalue weighted by molar-refractivity contribution is 0.00561. The Morgan fingerprint density at radius 3 is 2.54 bits per heavy atom. The minimum absolute atomic E-state index is 0.128. The van der Waals surface area contributed by atoms with Gasteiger partial charge < -0.3 is 19.4 Å². The molecule has 4 aromatic heterocycles. The Balaban J connectivity index is 1.42. The lowest BCUT2D eigenvalue weighted by atomic mass is 10.1. The molecule has 0 aromatic carbocycles. The molecule has 1 saturated heterocycles. The average Bonchev–Trinajstić information content (AvgIpc) is 3.22. The largest absolute Gasteiger partial charge is 0.444 e. The van der Waals surface area contributed by atoms with Crippen LogP contribution in [0.25, 0.3) is 16.6 Å². The summed E-state index contributed by atoms with van der Waals surface area (Å²) in [5.41, 5.74) is 1.32. The van der Waals surface area contributed by atoms with Crippen molar-refractivity contribution in [2.24, 2.45) is 0 Å². The molecular formula is C28H32FN7O3. The Morgan fingerprint density at radius 1 is 1.13 bits per heavy atom. The topological polar surface area (TPSA) is 105 Å². The third kappa shape index (κ3) is 5.21. The van der Waals surface area contributed by atoms with Gasteiger partial charge in [0.25, 0.3) is 5.91 Å². The van der Waals surface area contributed by atoms with Crippen LogP contribution < -0.4 is 10.2 Å². The maximum Gasteiger partial charge on any atom is 0.410 e. The predicted molar refractivity (Wildman–Crippen MR) is 147 cm³/mol. The summed E-state index contributed by atoms with van der Waals surface area (Å²) in [4.78, 5) is 43.3. The van der Waals surface area contributed by atoms with Crippen molar-refractivity contribution in [2.45, 2.75) is 59.2 Å². The predicted octanol–water partition coefficient (Wildman–Crippen LogP) is 4.81. The van der Waals surface area contributed by atoms with E-state index in [9.17, 15) is 14.0 Å². The van der Waals surface area contributed by atoms with Crippen LogP contribution in [0.3, 0.4) is 0 Å². The summed E-state index contributed by atoms with van der Waals surface area (Å²) >= 11 is 0. The number of rotatable bonds is 3. The maximum atomic E-state index is 14.5. The smallest absolute Gasteiger partial charge is 0.410 e. The summed E-state index contributed by atoms with van der Waals surface area (Å²) in [6.45, 7) is 12.4. The molecule has 5 rings (SSSR count). The maximum absolute atomic E-state index is 14.5. The number of piperazine rings is 1. The van der Waals surface area contributed by atoms with Gasteiger partial charge in [-0.2, -0.15) is 0 Å². The van der Waals surface area contributed by atoms with Crippen LogP contribution in [0.15, 0.2) is 43.0 Å². The molecule has 10 nitrogen and oxygen atoms in total. The van der Waals surface area contributed by atoms with Gasteiger partial charge >= 0.3 is 6.09 Å². The number of amides is 2. The molecule has 0 aliphatic carbocycles. The van der Waals surface area contributed by atoms with Crippen molar-refractivity contribution in [3.05, 3.63) is 60.1 Å². The van der Waals surface area contributed by atoms with Gasteiger partial charge in [0.1, 0.15) is 11.4 Å². The fraction of sp³-hybridized carbons (Fsp3) is 0.393. The van der Waals surface area contributed by atoms with E-state index in [-0.39, 0.29) is 35.1 Å². The summed E-state index contributed by atoms with van der Waals surface area (Å²) in [6.07, 6.45) is 6.07. The molecule has 5 heterocycles. The van der Waals surface area contributed by atoms with E-state index in [0.29, 0.717) is 35.5 Å². The lowest BCUT2D eigenvalue weighted by Crippen LogP contribution is -2.59. The zero-order valence-electron chi connectivity index (χ0n) is 22.9. The molecule has 2 atom stereocenters. The number of halogens is 1. The van der Waals surface area contributed by atoms with Crippen LogP contribution in [0.1, 0.15) is 50.7 Å². The van der Waals surface area contributed by atoms with Crippen molar-refractivity contribution >= 4 is 40.1 Å². The molecule has 0 radical (unpaired) electrons. The van der Waals surface area contributed by atoms with E-state index in [2.05, 4.69) is 25.2 Å². The van der Waals surface area contributed by atoms with Crippen LogP contribution in [0.2, 0.25) is 0 Å². The van der Waals surface area contributed by atoms with Crippen LogP contribution >= 0.6 is 0 Å². The number of anilines is 2. The van der Waals surface area contributed by atoms with E-state index in [4.69, 9.17) is 4.74 Å². The monoisotopic (exact) mass is 533 g/mol. The van der Waals surface area contributed by atoms with Crippen LogP contribution in [0.5, 0.6) is 0 Å².